The molecule has 2 aromatic rings. The lowest BCUT2D eigenvalue weighted by Gasteiger charge is -2.38. The van der Waals surface area contributed by atoms with Gasteiger partial charge in [0, 0.05) is 5.69 Å². The second-order valence-corrected chi connectivity index (χ2v) is 8.05. The molecule has 1 atom stereocenters. The number of benzene rings is 2. The van der Waals surface area contributed by atoms with Gasteiger partial charge in [-0.15, -0.1) is 12.6 Å². The first-order valence-corrected chi connectivity index (χ1v) is 9.39. The molecular formula is C22H23N3O2S. The number of hydrogen-bond acceptors (Lipinski definition) is 5. The van der Waals surface area contributed by atoms with Crippen LogP contribution >= 0.6 is 12.6 Å². The number of nitrogens with zero attached hydrogens (tertiary/aromatic N) is 2. The lowest BCUT2D eigenvalue weighted by molar-refractivity contribution is -0.118. The highest BCUT2D eigenvalue weighted by molar-refractivity contribution is 7.84. The Morgan fingerprint density at radius 3 is 2.21 bits per heavy atom. The fourth-order valence-corrected chi connectivity index (χ4v) is 3.50. The van der Waals surface area contributed by atoms with E-state index in [9.17, 15) is 10.1 Å². The van der Waals surface area contributed by atoms with Crippen LogP contribution in [0.25, 0.3) is 0 Å². The minimum Gasteiger partial charge on any atom is -0.497 e. The molecule has 1 heterocycles. The number of hydrogen-bond donors (Lipinski definition) is 2. The topological polar surface area (TPSA) is 65.4 Å². The van der Waals surface area contributed by atoms with Crippen molar-refractivity contribution in [2.75, 3.05) is 12.0 Å². The Morgan fingerprint density at radius 2 is 1.71 bits per heavy atom. The predicted octanol–water partition coefficient (Wildman–Crippen LogP) is 4.29. The third-order valence-corrected chi connectivity index (χ3v) is 5.20. The van der Waals surface area contributed by atoms with Crippen molar-refractivity contribution in [2.24, 2.45) is 0 Å². The third-order valence-electron chi connectivity index (χ3n) is 4.76. The number of anilines is 1. The van der Waals surface area contributed by atoms with Gasteiger partial charge in [-0.3, -0.25) is 4.79 Å². The maximum Gasteiger partial charge on any atom is 0.266 e. The molecule has 0 unspecified atom stereocenters. The van der Waals surface area contributed by atoms with Crippen molar-refractivity contribution in [1.29, 1.82) is 5.26 Å². The van der Waals surface area contributed by atoms with Gasteiger partial charge in [0.15, 0.2) is 0 Å². The van der Waals surface area contributed by atoms with Gasteiger partial charge in [0.05, 0.1) is 12.1 Å². The minimum atomic E-state index is -0.473. The normalized spacial score (nSPS) is 17.2. The molecule has 6 heteroatoms. The second-order valence-electron chi connectivity index (χ2n) is 7.63. The average molecular weight is 394 g/mol. The van der Waals surface area contributed by atoms with E-state index in [0.717, 1.165) is 17.0 Å². The monoisotopic (exact) mass is 393 g/mol. The highest BCUT2D eigenvalue weighted by Gasteiger charge is 2.34. The first-order chi connectivity index (χ1) is 13.3. The number of ether oxygens (including phenoxy) is 1. The van der Waals surface area contributed by atoms with Crippen LogP contribution in [0.1, 0.15) is 38.1 Å². The van der Waals surface area contributed by atoms with Crippen LogP contribution in [-0.2, 0) is 10.2 Å². The zero-order chi connectivity index (χ0) is 20.5. The Labute approximate surface area is 171 Å². The number of carbonyl (C=O) groups excluding carboxylic acids is 1. The molecule has 0 aromatic heterocycles. The molecule has 1 aliphatic heterocycles. The van der Waals surface area contributed by atoms with E-state index < -0.39 is 12.1 Å². The standard InChI is InChI=1S/C22H23N3O2S/c1-22(2,3)15-7-5-14(6-8-15)19-24-20(26)18(13-23)21(28)25(19)16-9-11-17(27-4)12-10-16/h5-12,19,28H,1-4H3,(H,24,26)/t19-/m0/s1. The fourth-order valence-electron chi connectivity index (χ4n) is 3.12. The molecule has 2 aromatic carbocycles. The molecule has 0 saturated heterocycles. The molecule has 28 heavy (non-hydrogen) atoms. The van der Waals surface area contributed by atoms with E-state index >= 15 is 0 Å². The molecule has 0 aliphatic carbocycles. The van der Waals surface area contributed by atoms with Crippen LogP contribution in [0.3, 0.4) is 0 Å². The second kappa shape index (κ2) is 7.61. The van der Waals surface area contributed by atoms with Crippen LogP contribution in [-0.4, -0.2) is 13.0 Å². The van der Waals surface area contributed by atoms with Gasteiger partial charge in [-0.1, -0.05) is 45.0 Å². The van der Waals surface area contributed by atoms with E-state index in [4.69, 9.17) is 4.74 Å². The molecule has 5 nitrogen and oxygen atoms in total. The summed E-state index contributed by atoms with van der Waals surface area (Å²) in [4.78, 5) is 14.3. The molecule has 144 valence electrons. The number of nitrogens with one attached hydrogen (secondary N) is 1. The van der Waals surface area contributed by atoms with Gasteiger partial charge in [0.2, 0.25) is 0 Å². The Hall–Kier alpha value is -2.91. The summed E-state index contributed by atoms with van der Waals surface area (Å²) >= 11 is 4.52. The molecule has 3 rings (SSSR count). The van der Waals surface area contributed by atoms with Gasteiger partial charge in [-0.25, -0.2) is 0 Å². The number of thiol groups is 1. The largest absolute Gasteiger partial charge is 0.497 e. The first kappa shape index (κ1) is 19.8. The summed E-state index contributed by atoms with van der Waals surface area (Å²) in [7, 11) is 1.60. The van der Waals surface area contributed by atoms with Gasteiger partial charge in [0.1, 0.15) is 23.6 Å². The molecule has 0 spiro atoms. The van der Waals surface area contributed by atoms with E-state index in [1.54, 1.807) is 7.11 Å². The molecule has 0 fully saturated rings. The number of amides is 1. The highest BCUT2D eigenvalue weighted by atomic mass is 32.1. The van der Waals surface area contributed by atoms with Gasteiger partial charge in [-0.05, 0) is 40.8 Å². The summed E-state index contributed by atoms with van der Waals surface area (Å²) in [6.45, 7) is 6.46. The van der Waals surface area contributed by atoms with Crippen molar-refractivity contribution < 1.29 is 9.53 Å². The summed E-state index contributed by atoms with van der Waals surface area (Å²) in [5, 5.41) is 12.6. The number of rotatable bonds is 3. The molecular weight excluding hydrogens is 370 g/mol. The maximum absolute atomic E-state index is 12.4. The molecule has 1 aliphatic rings. The minimum absolute atomic E-state index is 0.0123. The van der Waals surface area contributed by atoms with E-state index in [-0.39, 0.29) is 11.0 Å². The van der Waals surface area contributed by atoms with Gasteiger partial charge in [0.25, 0.3) is 5.91 Å². The van der Waals surface area contributed by atoms with Crippen LogP contribution < -0.4 is 15.0 Å². The van der Waals surface area contributed by atoms with E-state index in [1.807, 2.05) is 47.4 Å². The first-order valence-electron chi connectivity index (χ1n) is 8.94. The molecule has 0 saturated carbocycles. The van der Waals surface area contributed by atoms with Crippen molar-refractivity contribution in [3.8, 4) is 11.8 Å². The van der Waals surface area contributed by atoms with Crippen molar-refractivity contribution in [2.45, 2.75) is 32.4 Å². The van der Waals surface area contributed by atoms with Crippen LogP contribution in [0.5, 0.6) is 5.75 Å². The van der Waals surface area contributed by atoms with Gasteiger partial charge in [-0.2, -0.15) is 5.26 Å². The highest BCUT2D eigenvalue weighted by Crippen LogP contribution is 2.36. The predicted molar refractivity (Wildman–Crippen MR) is 113 cm³/mol. The number of carbonyl (C=O) groups is 1. The Bertz CT molecular complexity index is 951. The Balaban J connectivity index is 2.08. The smallest absolute Gasteiger partial charge is 0.266 e. The lowest BCUT2D eigenvalue weighted by Crippen LogP contribution is -2.46. The Kier molecular flexibility index (Phi) is 5.39. The maximum atomic E-state index is 12.4. The van der Waals surface area contributed by atoms with E-state index in [0.29, 0.717) is 5.03 Å². The molecule has 1 amide bonds. The van der Waals surface area contributed by atoms with E-state index in [1.165, 1.54) is 5.56 Å². The lowest BCUT2D eigenvalue weighted by atomic mass is 9.86. The van der Waals surface area contributed by atoms with Crippen molar-refractivity contribution >= 4 is 24.2 Å². The molecule has 0 bridgehead atoms. The zero-order valence-electron chi connectivity index (χ0n) is 16.4. The number of nitriles is 1. The fraction of sp³-hybridized carbons (Fsp3) is 0.273. The van der Waals surface area contributed by atoms with Crippen LogP contribution in [0, 0.1) is 11.3 Å². The Morgan fingerprint density at radius 1 is 1.11 bits per heavy atom. The summed E-state index contributed by atoms with van der Waals surface area (Å²) < 4.78 is 5.23. The summed E-state index contributed by atoms with van der Waals surface area (Å²) in [6.07, 6.45) is -0.473. The SMILES string of the molecule is COc1ccc(N2C(S)=C(C#N)C(=O)N[C@@H]2c2ccc(C(C)(C)C)cc2)cc1. The molecule has 1 N–H and O–H groups in total. The van der Waals surface area contributed by atoms with Crippen LogP contribution in [0.2, 0.25) is 0 Å². The third kappa shape index (κ3) is 3.71. The van der Waals surface area contributed by atoms with Crippen molar-refractivity contribution in [1.82, 2.24) is 5.32 Å². The molecule has 0 radical (unpaired) electrons. The van der Waals surface area contributed by atoms with Gasteiger partial charge >= 0.3 is 0 Å². The van der Waals surface area contributed by atoms with Crippen LogP contribution in [0.4, 0.5) is 5.69 Å². The summed E-state index contributed by atoms with van der Waals surface area (Å²) in [6, 6.07) is 17.5. The number of methoxy groups -OCH3 is 1. The van der Waals surface area contributed by atoms with Gasteiger partial charge < -0.3 is 15.0 Å². The summed E-state index contributed by atoms with van der Waals surface area (Å²) in [5.41, 5.74) is 2.92. The summed E-state index contributed by atoms with van der Waals surface area (Å²) in [5.74, 6) is 0.295. The average Bonchev–Trinajstić information content (AvgIpc) is 2.67. The van der Waals surface area contributed by atoms with Crippen molar-refractivity contribution in [3.05, 3.63) is 70.3 Å². The zero-order valence-corrected chi connectivity index (χ0v) is 17.2. The van der Waals surface area contributed by atoms with Crippen molar-refractivity contribution in [3.63, 3.8) is 0 Å². The van der Waals surface area contributed by atoms with E-state index in [2.05, 4.69) is 50.8 Å². The quantitative estimate of drug-likeness (QED) is 0.764. The van der Waals surface area contributed by atoms with Crippen LogP contribution in [0.15, 0.2) is 59.1 Å².